The molecule has 4 rings (SSSR count). The van der Waals surface area contributed by atoms with Gasteiger partial charge in [0, 0.05) is 12.6 Å². The molecule has 160 valence electrons. The first-order valence-corrected chi connectivity index (χ1v) is 10.6. The number of carboxylic acids is 1. The summed E-state index contributed by atoms with van der Waals surface area (Å²) in [6.45, 7) is 5.03. The first-order chi connectivity index (χ1) is 14.5. The van der Waals surface area contributed by atoms with Crippen molar-refractivity contribution >= 4 is 5.97 Å². The summed E-state index contributed by atoms with van der Waals surface area (Å²) in [6.07, 6.45) is 4.24. The van der Waals surface area contributed by atoms with E-state index in [0.717, 1.165) is 38.4 Å². The lowest BCUT2D eigenvalue weighted by atomic mass is 9.97. The SMILES string of the molecule is CC1CCN(Cc2cccc3c2CCC3Oc2ccc(OCC(=O)O)c(F)c2)CC1. The maximum absolute atomic E-state index is 14.2. The van der Waals surface area contributed by atoms with Gasteiger partial charge in [-0.15, -0.1) is 0 Å². The highest BCUT2D eigenvalue weighted by atomic mass is 19.1. The molecule has 1 atom stereocenters. The molecule has 1 heterocycles. The molecular weight excluding hydrogens is 385 g/mol. The molecule has 2 aromatic rings. The van der Waals surface area contributed by atoms with Gasteiger partial charge in [-0.3, -0.25) is 4.90 Å². The van der Waals surface area contributed by atoms with Crippen molar-refractivity contribution in [3.63, 3.8) is 0 Å². The van der Waals surface area contributed by atoms with Crippen LogP contribution in [0.25, 0.3) is 0 Å². The monoisotopic (exact) mass is 413 g/mol. The molecule has 0 aromatic heterocycles. The third-order valence-electron chi connectivity index (χ3n) is 6.12. The largest absolute Gasteiger partial charge is 0.486 e. The Morgan fingerprint density at radius 1 is 1.20 bits per heavy atom. The van der Waals surface area contributed by atoms with Crippen molar-refractivity contribution in [1.29, 1.82) is 0 Å². The normalized spacial score (nSPS) is 19.5. The fraction of sp³-hybridized carbons (Fsp3) is 0.458. The van der Waals surface area contributed by atoms with Gasteiger partial charge in [0.15, 0.2) is 18.2 Å². The number of hydrogen-bond donors (Lipinski definition) is 1. The highest BCUT2D eigenvalue weighted by molar-refractivity contribution is 5.68. The quantitative estimate of drug-likeness (QED) is 0.720. The van der Waals surface area contributed by atoms with E-state index < -0.39 is 18.4 Å². The van der Waals surface area contributed by atoms with Crippen molar-refractivity contribution in [3.05, 3.63) is 58.9 Å². The molecule has 0 bridgehead atoms. The molecule has 1 unspecified atom stereocenters. The molecule has 0 saturated carbocycles. The van der Waals surface area contributed by atoms with Crippen LogP contribution in [0.4, 0.5) is 4.39 Å². The number of carbonyl (C=O) groups is 1. The Labute approximate surface area is 176 Å². The second-order valence-electron chi connectivity index (χ2n) is 8.36. The van der Waals surface area contributed by atoms with E-state index in [1.165, 1.54) is 41.7 Å². The molecule has 1 aliphatic heterocycles. The minimum Gasteiger partial charge on any atom is -0.486 e. The van der Waals surface area contributed by atoms with E-state index in [4.69, 9.17) is 14.6 Å². The molecule has 5 nitrogen and oxygen atoms in total. The van der Waals surface area contributed by atoms with Gasteiger partial charge < -0.3 is 14.6 Å². The van der Waals surface area contributed by atoms with Crippen molar-refractivity contribution in [1.82, 2.24) is 4.90 Å². The number of benzene rings is 2. The van der Waals surface area contributed by atoms with Gasteiger partial charge in [-0.1, -0.05) is 25.1 Å². The molecule has 30 heavy (non-hydrogen) atoms. The van der Waals surface area contributed by atoms with Gasteiger partial charge in [0.25, 0.3) is 0 Å². The van der Waals surface area contributed by atoms with Gasteiger partial charge in [0.2, 0.25) is 0 Å². The van der Waals surface area contributed by atoms with Crippen molar-refractivity contribution in [2.24, 2.45) is 5.92 Å². The summed E-state index contributed by atoms with van der Waals surface area (Å²) in [6, 6.07) is 10.7. The average molecular weight is 413 g/mol. The standard InChI is InChI=1S/C24H28FNO4/c1-16-9-11-26(12-10-16)14-17-3-2-4-20-19(17)6-8-22(20)30-18-5-7-23(21(25)13-18)29-15-24(27)28/h2-5,7,13,16,22H,6,8-12,14-15H2,1H3,(H,27,28). The highest BCUT2D eigenvalue weighted by Gasteiger charge is 2.27. The first kappa shape index (κ1) is 20.7. The molecule has 1 fully saturated rings. The zero-order chi connectivity index (χ0) is 21.1. The van der Waals surface area contributed by atoms with E-state index in [0.29, 0.717) is 5.75 Å². The molecule has 1 N–H and O–H groups in total. The predicted molar refractivity (Wildman–Crippen MR) is 111 cm³/mol. The zero-order valence-corrected chi connectivity index (χ0v) is 17.3. The zero-order valence-electron chi connectivity index (χ0n) is 17.3. The number of ether oxygens (including phenoxy) is 2. The van der Waals surface area contributed by atoms with Crippen LogP contribution >= 0.6 is 0 Å². The van der Waals surface area contributed by atoms with Crippen LogP contribution in [0.15, 0.2) is 36.4 Å². The number of carboxylic acid groups (broad SMARTS) is 1. The summed E-state index contributed by atoms with van der Waals surface area (Å²) in [5.41, 5.74) is 3.92. The van der Waals surface area contributed by atoms with Crippen LogP contribution in [0.3, 0.4) is 0 Å². The van der Waals surface area contributed by atoms with E-state index in [1.807, 2.05) is 0 Å². The molecule has 1 saturated heterocycles. The van der Waals surface area contributed by atoms with Crippen LogP contribution in [0, 0.1) is 11.7 Å². The van der Waals surface area contributed by atoms with Crippen LogP contribution in [-0.4, -0.2) is 35.7 Å². The summed E-state index contributed by atoms with van der Waals surface area (Å²) in [5, 5.41) is 8.67. The third kappa shape index (κ3) is 4.75. The number of hydrogen-bond acceptors (Lipinski definition) is 4. The van der Waals surface area contributed by atoms with Gasteiger partial charge in [0.05, 0.1) is 0 Å². The minimum atomic E-state index is -1.15. The molecule has 2 aliphatic rings. The van der Waals surface area contributed by atoms with Gasteiger partial charge in [-0.2, -0.15) is 0 Å². The maximum Gasteiger partial charge on any atom is 0.341 e. The summed E-state index contributed by atoms with van der Waals surface area (Å²) >= 11 is 0. The Bertz CT molecular complexity index is 908. The van der Waals surface area contributed by atoms with Gasteiger partial charge >= 0.3 is 5.97 Å². The van der Waals surface area contributed by atoms with Crippen LogP contribution in [-0.2, 0) is 17.8 Å². The molecule has 0 amide bonds. The van der Waals surface area contributed by atoms with E-state index >= 15 is 0 Å². The number of rotatable bonds is 7. The highest BCUT2D eigenvalue weighted by Crippen LogP contribution is 2.38. The van der Waals surface area contributed by atoms with E-state index in [9.17, 15) is 9.18 Å². The van der Waals surface area contributed by atoms with Crippen molar-refractivity contribution < 1.29 is 23.8 Å². The number of aliphatic carboxylic acids is 1. The van der Waals surface area contributed by atoms with E-state index in [2.05, 4.69) is 30.0 Å². The number of piperidine rings is 1. The van der Waals surface area contributed by atoms with Crippen LogP contribution in [0.5, 0.6) is 11.5 Å². The van der Waals surface area contributed by atoms with Gasteiger partial charge in [-0.25, -0.2) is 9.18 Å². The Balaban J connectivity index is 1.43. The molecule has 2 aromatic carbocycles. The summed E-state index contributed by atoms with van der Waals surface area (Å²) in [4.78, 5) is 13.1. The van der Waals surface area contributed by atoms with Crippen LogP contribution in [0.1, 0.15) is 49.0 Å². The maximum atomic E-state index is 14.2. The third-order valence-corrected chi connectivity index (χ3v) is 6.12. The van der Waals surface area contributed by atoms with Crippen molar-refractivity contribution in [2.45, 2.75) is 45.3 Å². The van der Waals surface area contributed by atoms with Crippen LogP contribution < -0.4 is 9.47 Å². The minimum absolute atomic E-state index is 0.0882. The Hall–Kier alpha value is -2.60. The Kier molecular flexibility index (Phi) is 6.23. The van der Waals surface area contributed by atoms with Crippen LogP contribution in [0.2, 0.25) is 0 Å². The van der Waals surface area contributed by atoms with Crippen molar-refractivity contribution in [3.8, 4) is 11.5 Å². The van der Waals surface area contributed by atoms with E-state index in [1.54, 1.807) is 6.07 Å². The molecule has 1 aliphatic carbocycles. The lowest BCUT2D eigenvalue weighted by Gasteiger charge is -2.30. The molecule has 6 heteroatoms. The first-order valence-electron chi connectivity index (χ1n) is 10.6. The Morgan fingerprint density at radius 2 is 2.00 bits per heavy atom. The average Bonchev–Trinajstić information content (AvgIpc) is 3.13. The van der Waals surface area contributed by atoms with Crippen molar-refractivity contribution in [2.75, 3.05) is 19.7 Å². The van der Waals surface area contributed by atoms with Gasteiger partial charge in [-0.05, 0) is 73.5 Å². The lowest BCUT2D eigenvalue weighted by molar-refractivity contribution is -0.139. The second kappa shape index (κ2) is 9.04. The van der Waals surface area contributed by atoms with Gasteiger partial charge in [0.1, 0.15) is 11.9 Å². The topological polar surface area (TPSA) is 59.0 Å². The number of halogens is 1. The number of nitrogens with zero attached hydrogens (tertiary/aromatic N) is 1. The predicted octanol–water partition coefficient (Wildman–Crippen LogP) is 4.59. The summed E-state index contributed by atoms with van der Waals surface area (Å²) < 4.78 is 25.3. The number of likely N-dealkylation sites (tertiary alicyclic amines) is 1. The fourth-order valence-electron chi connectivity index (χ4n) is 4.40. The summed E-state index contributed by atoms with van der Waals surface area (Å²) in [7, 11) is 0. The fourth-order valence-corrected chi connectivity index (χ4v) is 4.40. The number of fused-ring (bicyclic) bond motifs is 1. The molecular formula is C24H28FNO4. The smallest absolute Gasteiger partial charge is 0.341 e. The summed E-state index contributed by atoms with van der Waals surface area (Å²) in [5.74, 6) is -0.618. The van der Waals surface area contributed by atoms with E-state index in [-0.39, 0.29) is 11.9 Å². The molecule has 0 spiro atoms. The molecule has 0 radical (unpaired) electrons. The second-order valence-corrected chi connectivity index (χ2v) is 8.36. The Morgan fingerprint density at radius 3 is 2.73 bits per heavy atom. The lowest BCUT2D eigenvalue weighted by Crippen LogP contribution is -2.32.